The van der Waals surface area contributed by atoms with Crippen LogP contribution < -0.4 is 9.64 Å². The molecule has 0 unspecified atom stereocenters. The molecule has 4 heterocycles. The van der Waals surface area contributed by atoms with Gasteiger partial charge in [0.15, 0.2) is 11.5 Å². The van der Waals surface area contributed by atoms with E-state index in [4.69, 9.17) is 4.74 Å². The number of aryl methyl sites for hydroxylation is 1. The molecule has 3 aromatic heterocycles. The van der Waals surface area contributed by atoms with Crippen molar-refractivity contribution in [2.24, 2.45) is 0 Å². The third-order valence-corrected chi connectivity index (χ3v) is 4.99. The summed E-state index contributed by atoms with van der Waals surface area (Å²) in [7, 11) is 1.61. The molecule has 8 nitrogen and oxygen atoms in total. The lowest BCUT2D eigenvalue weighted by Gasteiger charge is -2.30. The van der Waals surface area contributed by atoms with E-state index in [0.29, 0.717) is 11.8 Å². The van der Waals surface area contributed by atoms with Gasteiger partial charge in [0.25, 0.3) is 0 Å². The highest BCUT2D eigenvalue weighted by molar-refractivity contribution is 7.09. The Balaban J connectivity index is 1.54. The lowest BCUT2D eigenvalue weighted by Crippen LogP contribution is -2.33. The molecule has 0 N–H and O–H groups in total. The van der Waals surface area contributed by atoms with E-state index in [2.05, 4.69) is 29.6 Å². The first kappa shape index (κ1) is 14.3. The van der Waals surface area contributed by atoms with Gasteiger partial charge in [0.2, 0.25) is 11.0 Å². The minimum atomic E-state index is 0.342. The van der Waals surface area contributed by atoms with Crippen molar-refractivity contribution in [3.63, 3.8) is 0 Å². The van der Waals surface area contributed by atoms with Crippen molar-refractivity contribution in [3.05, 3.63) is 23.8 Å². The van der Waals surface area contributed by atoms with Crippen molar-refractivity contribution in [3.8, 4) is 5.88 Å². The number of piperidine rings is 1. The Morgan fingerprint density at radius 1 is 1.22 bits per heavy atom. The number of nitrogens with zero attached hydrogens (tertiary/aromatic N) is 7. The number of fused-ring (bicyclic) bond motifs is 1. The monoisotopic (exact) mass is 331 g/mol. The summed E-state index contributed by atoms with van der Waals surface area (Å²) in [6.07, 6.45) is 2.00. The van der Waals surface area contributed by atoms with Crippen LogP contribution in [0.3, 0.4) is 0 Å². The molecule has 0 aromatic carbocycles. The van der Waals surface area contributed by atoms with Crippen molar-refractivity contribution in [1.82, 2.24) is 29.2 Å². The summed E-state index contributed by atoms with van der Waals surface area (Å²) < 4.78 is 11.3. The van der Waals surface area contributed by atoms with Gasteiger partial charge < -0.3 is 9.64 Å². The van der Waals surface area contributed by atoms with Gasteiger partial charge in [0.1, 0.15) is 5.82 Å². The maximum Gasteiger partial charge on any atom is 0.231 e. The Morgan fingerprint density at radius 2 is 2.04 bits per heavy atom. The molecule has 0 amide bonds. The van der Waals surface area contributed by atoms with E-state index in [1.54, 1.807) is 17.7 Å². The van der Waals surface area contributed by atoms with E-state index in [9.17, 15) is 0 Å². The van der Waals surface area contributed by atoms with Crippen molar-refractivity contribution in [2.45, 2.75) is 25.7 Å². The topological polar surface area (TPSA) is 81.3 Å². The van der Waals surface area contributed by atoms with Gasteiger partial charge in [-0.1, -0.05) is 0 Å². The molecule has 0 radical (unpaired) electrons. The smallest absolute Gasteiger partial charge is 0.231 e. The number of aromatic nitrogens is 6. The normalized spacial score (nSPS) is 16.2. The van der Waals surface area contributed by atoms with Crippen LogP contribution in [-0.2, 0) is 0 Å². The van der Waals surface area contributed by atoms with Gasteiger partial charge in [0.05, 0.1) is 7.11 Å². The van der Waals surface area contributed by atoms with E-state index < -0.39 is 0 Å². The first-order chi connectivity index (χ1) is 11.2. The third-order valence-electron chi connectivity index (χ3n) is 4.12. The van der Waals surface area contributed by atoms with Crippen LogP contribution in [-0.4, -0.2) is 49.4 Å². The number of anilines is 1. The average molecular weight is 331 g/mol. The van der Waals surface area contributed by atoms with Gasteiger partial charge in [-0.25, -0.2) is 4.98 Å². The summed E-state index contributed by atoms with van der Waals surface area (Å²) >= 11 is 1.47. The maximum atomic E-state index is 5.20. The molecule has 120 valence electrons. The molecule has 1 fully saturated rings. The minimum Gasteiger partial charge on any atom is -0.480 e. The van der Waals surface area contributed by atoms with E-state index >= 15 is 0 Å². The summed E-state index contributed by atoms with van der Waals surface area (Å²) in [6.45, 7) is 3.81. The van der Waals surface area contributed by atoms with Gasteiger partial charge in [-0.15, -0.1) is 15.3 Å². The molecule has 0 bridgehead atoms. The fraction of sp³-hybridized carbons (Fsp3) is 0.500. The number of hydrogen-bond donors (Lipinski definition) is 0. The van der Waals surface area contributed by atoms with Crippen molar-refractivity contribution in [1.29, 1.82) is 0 Å². The second-order valence-electron chi connectivity index (χ2n) is 5.59. The Morgan fingerprint density at radius 3 is 2.74 bits per heavy atom. The molecular weight excluding hydrogens is 314 g/mol. The predicted octanol–water partition coefficient (Wildman–Crippen LogP) is 1.68. The van der Waals surface area contributed by atoms with Crippen LogP contribution in [0.25, 0.3) is 5.65 Å². The highest BCUT2D eigenvalue weighted by Gasteiger charge is 2.26. The highest BCUT2D eigenvalue weighted by atomic mass is 32.1. The van der Waals surface area contributed by atoms with E-state index in [-0.39, 0.29) is 0 Å². The quantitative estimate of drug-likeness (QED) is 0.722. The Bertz CT molecular complexity index is 822. The molecule has 0 spiro atoms. The van der Waals surface area contributed by atoms with Crippen LogP contribution in [0.5, 0.6) is 5.88 Å². The largest absolute Gasteiger partial charge is 0.480 e. The fourth-order valence-corrected chi connectivity index (χ4v) is 3.62. The van der Waals surface area contributed by atoms with Gasteiger partial charge in [-0.05, 0) is 25.8 Å². The first-order valence-electron chi connectivity index (χ1n) is 7.56. The molecule has 4 rings (SSSR count). The van der Waals surface area contributed by atoms with Crippen LogP contribution in [0.4, 0.5) is 5.13 Å². The summed E-state index contributed by atoms with van der Waals surface area (Å²) in [5.41, 5.74) is 0.753. The first-order valence-corrected chi connectivity index (χ1v) is 8.33. The lowest BCUT2D eigenvalue weighted by atomic mass is 9.96. The van der Waals surface area contributed by atoms with Crippen LogP contribution in [0.2, 0.25) is 0 Å². The highest BCUT2D eigenvalue weighted by Crippen LogP contribution is 2.30. The molecule has 1 saturated heterocycles. The fourth-order valence-electron chi connectivity index (χ4n) is 2.90. The summed E-state index contributed by atoms with van der Waals surface area (Å²) in [5.74, 6) is 2.66. The van der Waals surface area contributed by atoms with E-state index in [1.165, 1.54) is 11.5 Å². The number of ether oxygens (including phenoxy) is 1. The SMILES string of the molecule is COc1ccc2nnc(C3CCN(c4nc(C)ns4)CC3)n2n1. The summed E-state index contributed by atoms with van der Waals surface area (Å²) in [5, 5.41) is 14.0. The zero-order chi connectivity index (χ0) is 15.8. The molecule has 0 aliphatic carbocycles. The van der Waals surface area contributed by atoms with Gasteiger partial charge in [-0.2, -0.15) is 8.89 Å². The molecule has 1 aliphatic rings. The Labute approximate surface area is 137 Å². The Kier molecular flexibility index (Phi) is 3.56. The summed E-state index contributed by atoms with van der Waals surface area (Å²) in [6, 6.07) is 3.68. The van der Waals surface area contributed by atoms with Crippen molar-refractivity contribution >= 4 is 22.3 Å². The molecule has 1 aliphatic heterocycles. The van der Waals surface area contributed by atoms with E-state index in [0.717, 1.165) is 48.4 Å². The molecule has 3 aromatic rings. The van der Waals surface area contributed by atoms with Gasteiger partial charge >= 0.3 is 0 Å². The second-order valence-corrected chi connectivity index (χ2v) is 6.32. The molecule has 0 saturated carbocycles. The van der Waals surface area contributed by atoms with Crippen molar-refractivity contribution in [2.75, 3.05) is 25.1 Å². The zero-order valence-electron chi connectivity index (χ0n) is 13.0. The standard InChI is InChI=1S/C14H17N7OS/c1-9-15-14(23-19-9)20-7-5-10(6-8-20)13-17-16-11-3-4-12(22-2)18-21(11)13/h3-4,10H,5-8H2,1-2H3. The number of rotatable bonds is 3. The minimum absolute atomic E-state index is 0.342. The van der Waals surface area contributed by atoms with Crippen molar-refractivity contribution < 1.29 is 4.74 Å². The third kappa shape index (κ3) is 2.61. The second kappa shape index (κ2) is 5.73. The maximum absolute atomic E-state index is 5.20. The summed E-state index contributed by atoms with van der Waals surface area (Å²) in [4.78, 5) is 6.76. The van der Waals surface area contributed by atoms with Crippen LogP contribution in [0.1, 0.15) is 30.4 Å². The van der Waals surface area contributed by atoms with E-state index in [1.807, 2.05) is 13.0 Å². The molecule has 9 heteroatoms. The average Bonchev–Trinajstić information content (AvgIpc) is 3.20. The number of hydrogen-bond acceptors (Lipinski definition) is 8. The van der Waals surface area contributed by atoms with Crippen LogP contribution >= 0.6 is 11.5 Å². The van der Waals surface area contributed by atoms with Crippen LogP contribution in [0.15, 0.2) is 12.1 Å². The lowest BCUT2D eigenvalue weighted by molar-refractivity contribution is 0.387. The number of methoxy groups -OCH3 is 1. The van der Waals surface area contributed by atoms with Gasteiger partial charge in [0, 0.05) is 36.6 Å². The Hall–Kier alpha value is -2.29. The van der Waals surface area contributed by atoms with Crippen LogP contribution in [0, 0.1) is 6.92 Å². The molecular formula is C14H17N7OS. The molecule has 0 atom stereocenters. The zero-order valence-corrected chi connectivity index (χ0v) is 13.8. The molecule has 23 heavy (non-hydrogen) atoms. The predicted molar refractivity (Wildman–Crippen MR) is 86.2 cm³/mol. The van der Waals surface area contributed by atoms with Gasteiger partial charge in [-0.3, -0.25) is 0 Å².